The molecule has 1 fully saturated rings. The van der Waals surface area contributed by atoms with Crippen LogP contribution in [0.25, 0.3) is 10.9 Å². The summed E-state index contributed by atoms with van der Waals surface area (Å²) < 4.78 is 0. The van der Waals surface area contributed by atoms with Gasteiger partial charge in [-0.25, -0.2) is 0 Å². The average Bonchev–Trinajstić information content (AvgIpc) is 2.93. The first-order valence-corrected chi connectivity index (χ1v) is 7.45. The molecule has 0 radical (unpaired) electrons. The van der Waals surface area contributed by atoms with Crippen LogP contribution < -0.4 is 5.32 Å². The fraction of sp³-hybridized carbons (Fsp3) is 0.500. The molecule has 1 saturated carbocycles. The van der Waals surface area contributed by atoms with Gasteiger partial charge in [0.25, 0.3) is 5.91 Å². The van der Waals surface area contributed by atoms with Crippen molar-refractivity contribution in [2.75, 3.05) is 6.54 Å². The van der Waals surface area contributed by atoms with E-state index in [1.807, 2.05) is 18.2 Å². The first kappa shape index (κ1) is 13.2. The first-order chi connectivity index (χ1) is 9.74. The lowest BCUT2D eigenvalue weighted by atomic mass is 9.80. The second kappa shape index (κ2) is 5.65. The topological polar surface area (TPSA) is 57.8 Å². The van der Waals surface area contributed by atoms with Crippen molar-refractivity contribution in [1.29, 1.82) is 0 Å². The number of carbonyl (C=O) groups excluding carboxylic acids is 1. The molecule has 106 valence electrons. The van der Waals surface area contributed by atoms with E-state index in [2.05, 4.69) is 22.4 Å². The van der Waals surface area contributed by atoms with Gasteiger partial charge in [-0.2, -0.15) is 5.10 Å². The Hall–Kier alpha value is -1.84. The highest BCUT2D eigenvalue weighted by molar-refractivity contribution is 5.97. The number of rotatable bonds is 3. The van der Waals surface area contributed by atoms with Crippen LogP contribution in [-0.4, -0.2) is 22.6 Å². The Labute approximate surface area is 119 Å². The molecule has 1 aliphatic carbocycles. The van der Waals surface area contributed by atoms with Crippen molar-refractivity contribution in [3.8, 4) is 0 Å². The zero-order chi connectivity index (χ0) is 13.9. The van der Waals surface area contributed by atoms with Crippen molar-refractivity contribution in [3.63, 3.8) is 0 Å². The summed E-state index contributed by atoms with van der Waals surface area (Å²) >= 11 is 0. The van der Waals surface area contributed by atoms with E-state index in [4.69, 9.17) is 0 Å². The Morgan fingerprint density at radius 3 is 3.10 bits per heavy atom. The molecule has 4 heteroatoms. The van der Waals surface area contributed by atoms with E-state index in [1.54, 1.807) is 6.20 Å². The first-order valence-electron chi connectivity index (χ1n) is 7.45. The molecule has 1 amide bonds. The number of amides is 1. The Balaban J connectivity index is 1.63. The minimum Gasteiger partial charge on any atom is -0.352 e. The Morgan fingerprint density at radius 2 is 2.25 bits per heavy atom. The zero-order valence-electron chi connectivity index (χ0n) is 11.9. The second-order valence-electron chi connectivity index (χ2n) is 5.90. The molecule has 1 heterocycles. The fourth-order valence-corrected chi connectivity index (χ4v) is 3.10. The minimum absolute atomic E-state index is 0.0132. The number of carbonyl (C=O) groups is 1. The number of hydrogen-bond acceptors (Lipinski definition) is 2. The third-order valence-corrected chi connectivity index (χ3v) is 4.52. The summed E-state index contributed by atoms with van der Waals surface area (Å²) in [4.78, 5) is 12.2. The molecule has 2 N–H and O–H groups in total. The molecule has 3 rings (SSSR count). The second-order valence-corrected chi connectivity index (χ2v) is 5.90. The standard InChI is InChI=1S/C16H21N3O/c1-11-4-2-3-5-13(11)9-17-16(20)12-6-7-14-10-18-19-15(14)8-12/h6-8,10-11,13H,2-5,9H2,1H3,(H,17,20)(H,18,19). The molecule has 1 aliphatic rings. The monoisotopic (exact) mass is 271 g/mol. The predicted molar refractivity (Wildman–Crippen MR) is 79.5 cm³/mol. The van der Waals surface area contributed by atoms with Gasteiger partial charge in [0.15, 0.2) is 0 Å². The van der Waals surface area contributed by atoms with E-state index in [9.17, 15) is 4.79 Å². The number of aromatic amines is 1. The lowest BCUT2D eigenvalue weighted by molar-refractivity contribution is 0.0936. The maximum Gasteiger partial charge on any atom is 0.251 e. The van der Waals surface area contributed by atoms with Crippen LogP contribution in [0.2, 0.25) is 0 Å². The zero-order valence-corrected chi connectivity index (χ0v) is 11.9. The van der Waals surface area contributed by atoms with E-state index < -0.39 is 0 Å². The summed E-state index contributed by atoms with van der Waals surface area (Å²) in [5, 5.41) is 11.0. The largest absolute Gasteiger partial charge is 0.352 e. The molecular weight excluding hydrogens is 250 g/mol. The van der Waals surface area contributed by atoms with Crippen molar-refractivity contribution in [2.24, 2.45) is 11.8 Å². The maximum atomic E-state index is 12.2. The summed E-state index contributed by atoms with van der Waals surface area (Å²) in [7, 11) is 0. The van der Waals surface area contributed by atoms with Crippen LogP contribution in [0.5, 0.6) is 0 Å². The highest BCUT2D eigenvalue weighted by Crippen LogP contribution is 2.28. The SMILES string of the molecule is CC1CCCCC1CNC(=O)c1ccc2cn[nH]c2c1. The fourth-order valence-electron chi connectivity index (χ4n) is 3.10. The Morgan fingerprint density at radius 1 is 1.40 bits per heavy atom. The maximum absolute atomic E-state index is 12.2. The molecule has 2 aromatic rings. The number of H-pyrrole nitrogens is 1. The van der Waals surface area contributed by atoms with Crippen molar-refractivity contribution in [3.05, 3.63) is 30.0 Å². The van der Waals surface area contributed by atoms with Gasteiger partial charge >= 0.3 is 0 Å². The van der Waals surface area contributed by atoms with E-state index in [-0.39, 0.29) is 5.91 Å². The number of aromatic nitrogens is 2. The van der Waals surface area contributed by atoms with Crippen molar-refractivity contribution in [2.45, 2.75) is 32.6 Å². The summed E-state index contributed by atoms with van der Waals surface area (Å²) in [6.07, 6.45) is 6.93. The molecule has 0 bridgehead atoms. The molecule has 0 spiro atoms. The van der Waals surface area contributed by atoms with Crippen LogP contribution in [0.1, 0.15) is 43.0 Å². The third-order valence-electron chi connectivity index (χ3n) is 4.52. The van der Waals surface area contributed by atoms with Gasteiger partial charge in [-0.1, -0.05) is 32.3 Å². The third kappa shape index (κ3) is 2.69. The number of benzene rings is 1. The van der Waals surface area contributed by atoms with Crippen molar-refractivity contribution >= 4 is 16.8 Å². The number of nitrogens with zero attached hydrogens (tertiary/aromatic N) is 1. The quantitative estimate of drug-likeness (QED) is 0.901. The Bertz CT molecular complexity index is 605. The lowest BCUT2D eigenvalue weighted by Gasteiger charge is -2.28. The van der Waals surface area contributed by atoms with Gasteiger partial charge in [0.2, 0.25) is 0 Å². The molecule has 0 saturated heterocycles. The molecule has 1 aromatic carbocycles. The molecule has 2 atom stereocenters. The number of hydrogen-bond donors (Lipinski definition) is 2. The molecule has 2 unspecified atom stereocenters. The van der Waals surface area contributed by atoms with E-state index in [0.29, 0.717) is 11.5 Å². The summed E-state index contributed by atoms with van der Waals surface area (Å²) in [5.74, 6) is 1.36. The van der Waals surface area contributed by atoms with E-state index in [0.717, 1.165) is 23.4 Å². The van der Waals surface area contributed by atoms with Crippen LogP contribution in [0.15, 0.2) is 24.4 Å². The van der Waals surface area contributed by atoms with Gasteiger partial charge in [0, 0.05) is 17.5 Å². The van der Waals surface area contributed by atoms with Crippen molar-refractivity contribution < 1.29 is 4.79 Å². The van der Waals surface area contributed by atoms with Gasteiger partial charge in [-0.3, -0.25) is 9.89 Å². The predicted octanol–water partition coefficient (Wildman–Crippen LogP) is 3.12. The van der Waals surface area contributed by atoms with E-state index in [1.165, 1.54) is 25.7 Å². The lowest BCUT2D eigenvalue weighted by Crippen LogP contribution is -2.33. The highest BCUT2D eigenvalue weighted by Gasteiger charge is 2.21. The normalized spacial score (nSPS) is 22.9. The summed E-state index contributed by atoms with van der Waals surface area (Å²) in [6, 6.07) is 5.65. The molecular formula is C16H21N3O. The van der Waals surface area contributed by atoms with Crippen LogP contribution >= 0.6 is 0 Å². The molecule has 4 nitrogen and oxygen atoms in total. The Kier molecular flexibility index (Phi) is 3.72. The molecule has 1 aromatic heterocycles. The van der Waals surface area contributed by atoms with Crippen molar-refractivity contribution in [1.82, 2.24) is 15.5 Å². The van der Waals surface area contributed by atoms with E-state index >= 15 is 0 Å². The smallest absolute Gasteiger partial charge is 0.251 e. The van der Waals surface area contributed by atoms with Crippen LogP contribution in [0.4, 0.5) is 0 Å². The number of nitrogens with one attached hydrogen (secondary N) is 2. The average molecular weight is 271 g/mol. The van der Waals surface area contributed by atoms with Gasteiger partial charge in [0.05, 0.1) is 11.7 Å². The minimum atomic E-state index is 0.0132. The number of fused-ring (bicyclic) bond motifs is 1. The molecule has 0 aliphatic heterocycles. The van der Waals surface area contributed by atoms with Gasteiger partial charge in [-0.15, -0.1) is 0 Å². The summed E-state index contributed by atoms with van der Waals surface area (Å²) in [6.45, 7) is 3.09. The van der Waals surface area contributed by atoms with Gasteiger partial charge in [-0.05, 0) is 30.4 Å². The van der Waals surface area contributed by atoms with Crippen LogP contribution in [0.3, 0.4) is 0 Å². The highest BCUT2D eigenvalue weighted by atomic mass is 16.1. The summed E-state index contributed by atoms with van der Waals surface area (Å²) in [5.41, 5.74) is 1.61. The van der Waals surface area contributed by atoms with Crippen LogP contribution in [0, 0.1) is 11.8 Å². The van der Waals surface area contributed by atoms with Gasteiger partial charge in [0.1, 0.15) is 0 Å². The molecule has 20 heavy (non-hydrogen) atoms. The van der Waals surface area contributed by atoms with Crippen LogP contribution in [-0.2, 0) is 0 Å². The van der Waals surface area contributed by atoms with Gasteiger partial charge < -0.3 is 5.32 Å².